The summed E-state index contributed by atoms with van der Waals surface area (Å²) in [6.45, 7) is 1.38. The van der Waals surface area contributed by atoms with E-state index in [1.54, 1.807) is 30.7 Å². The number of primary amides is 1. The minimum atomic E-state index is -0.460. The third kappa shape index (κ3) is 3.77. The highest BCUT2D eigenvalue weighted by Gasteiger charge is 2.27. The fourth-order valence-electron chi connectivity index (χ4n) is 3.38. The van der Waals surface area contributed by atoms with Crippen LogP contribution in [0.5, 0.6) is 5.88 Å². The Morgan fingerprint density at radius 3 is 2.79 bits per heavy atom. The molecule has 0 radical (unpaired) electrons. The Kier molecular flexibility index (Phi) is 5.12. The first-order valence-electron chi connectivity index (χ1n) is 8.98. The molecule has 0 spiro atoms. The molecule has 1 amide bonds. The molecule has 0 bridgehead atoms. The Morgan fingerprint density at radius 2 is 2.04 bits per heavy atom. The second-order valence-corrected chi connectivity index (χ2v) is 7.01. The van der Waals surface area contributed by atoms with Gasteiger partial charge in [0.15, 0.2) is 0 Å². The van der Waals surface area contributed by atoms with Crippen molar-refractivity contribution in [2.75, 3.05) is 18.0 Å². The summed E-state index contributed by atoms with van der Waals surface area (Å²) < 4.78 is 5.94. The van der Waals surface area contributed by atoms with Crippen LogP contribution in [0.2, 0.25) is 5.02 Å². The van der Waals surface area contributed by atoms with Gasteiger partial charge in [0, 0.05) is 42.8 Å². The molecule has 28 heavy (non-hydrogen) atoms. The monoisotopic (exact) mass is 394 g/mol. The van der Waals surface area contributed by atoms with E-state index in [0.29, 0.717) is 23.0 Å². The van der Waals surface area contributed by atoms with E-state index >= 15 is 0 Å². The smallest absolute Gasteiger partial charge is 0.250 e. The minimum Gasteiger partial charge on any atom is -0.471 e. The fraction of sp³-hybridized carbons (Fsp3) is 0.190. The third-order valence-electron chi connectivity index (χ3n) is 4.75. The number of halogens is 1. The van der Waals surface area contributed by atoms with Crippen molar-refractivity contribution in [1.82, 2.24) is 9.97 Å². The second-order valence-electron chi connectivity index (χ2n) is 6.60. The molecule has 2 aromatic heterocycles. The van der Waals surface area contributed by atoms with E-state index in [0.717, 1.165) is 29.8 Å². The Morgan fingerprint density at radius 1 is 1.18 bits per heavy atom. The molecule has 3 aromatic rings. The molecule has 0 aliphatic carbocycles. The summed E-state index contributed by atoms with van der Waals surface area (Å²) in [5.74, 6) is -0.0315. The van der Waals surface area contributed by atoms with Gasteiger partial charge in [-0.15, -0.1) is 0 Å². The molecular formula is C21H19ClN4O2. The van der Waals surface area contributed by atoms with Gasteiger partial charge in [-0.05, 0) is 35.9 Å². The van der Waals surface area contributed by atoms with E-state index in [2.05, 4.69) is 14.9 Å². The normalized spacial score (nSPS) is 16.2. The second kappa shape index (κ2) is 7.86. The molecule has 6 nitrogen and oxygen atoms in total. The molecular weight excluding hydrogens is 376 g/mol. The van der Waals surface area contributed by atoms with E-state index in [4.69, 9.17) is 22.1 Å². The Bertz CT molecular complexity index is 997. The number of carbonyl (C=O) groups excluding carboxylic acids is 1. The van der Waals surface area contributed by atoms with Crippen molar-refractivity contribution in [3.63, 3.8) is 0 Å². The number of nitrogens with zero attached hydrogens (tertiary/aromatic N) is 3. The SMILES string of the molecule is NC(=O)c1cc(-c2cccnc2)ccc1N1CCC(Oc2ncccc2Cl)C1. The van der Waals surface area contributed by atoms with Crippen LogP contribution in [0.3, 0.4) is 0 Å². The van der Waals surface area contributed by atoms with Crippen LogP contribution in [0.4, 0.5) is 5.69 Å². The molecule has 1 unspecified atom stereocenters. The lowest BCUT2D eigenvalue weighted by atomic mass is 10.0. The summed E-state index contributed by atoms with van der Waals surface area (Å²) in [5, 5.41) is 0.486. The van der Waals surface area contributed by atoms with Gasteiger partial charge in [-0.2, -0.15) is 0 Å². The zero-order valence-electron chi connectivity index (χ0n) is 15.1. The van der Waals surface area contributed by atoms with Gasteiger partial charge in [0.25, 0.3) is 5.91 Å². The van der Waals surface area contributed by atoms with E-state index in [9.17, 15) is 4.79 Å². The van der Waals surface area contributed by atoms with Crippen molar-refractivity contribution in [3.8, 4) is 17.0 Å². The lowest BCUT2D eigenvalue weighted by Gasteiger charge is -2.22. The first-order chi connectivity index (χ1) is 13.6. The number of amides is 1. The van der Waals surface area contributed by atoms with E-state index in [-0.39, 0.29) is 6.10 Å². The van der Waals surface area contributed by atoms with Crippen molar-refractivity contribution in [2.24, 2.45) is 5.73 Å². The molecule has 4 rings (SSSR count). The maximum Gasteiger partial charge on any atom is 0.250 e. The molecule has 1 aliphatic rings. The quantitative estimate of drug-likeness (QED) is 0.715. The van der Waals surface area contributed by atoms with Crippen molar-refractivity contribution < 1.29 is 9.53 Å². The molecule has 1 fully saturated rings. The minimum absolute atomic E-state index is 0.0638. The highest BCUT2D eigenvalue weighted by molar-refractivity contribution is 6.31. The fourth-order valence-corrected chi connectivity index (χ4v) is 3.55. The van der Waals surface area contributed by atoms with Crippen LogP contribution in [-0.2, 0) is 0 Å². The lowest BCUT2D eigenvalue weighted by molar-refractivity contribution is 0.100. The van der Waals surface area contributed by atoms with Gasteiger partial charge in [-0.25, -0.2) is 4.98 Å². The maximum absolute atomic E-state index is 12.1. The van der Waals surface area contributed by atoms with Gasteiger partial charge >= 0.3 is 0 Å². The molecule has 1 atom stereocenters. The van der Waals surface area contributed by atoms with Gasteiger partial charge in [0.2, 0.25) is 5.88 Å². The molecule has 1 aliphatic heterocycles. The van der Waals surface area contributed by atoms with Crippen LogP contribution in [0, 0.1) is 0 Å². The van der Waals surface area contributed by atoms with Crippen molar-refractivity contribution >= 4 is 23.2 Å². The zero-order valence-corrected chi connectivity index (χ0v) is 15.8. The highest BCUT2D eigenvalue weighted by atomic mass is 35.5. The number of hydrogen-bond donors (Lipinski definition) is 1. The summed E-state index contributed by atoms with van der Waals surface area (Å²) in [4.78, 5) is 22.5. The summed E-state index contributed by atoms with van der Waals surface area (Å²) in [5.41, 5.74) is 8.79. The average Bonchev–Trinajstić information content (AvgIpc) is 3.18. The summed E-state index contributed by atoms with van der Waals surface area (Å²) >= 11 is 6.13. The van der Waals surface area contributed by atoms with Crippen LogP contribution in [-0.4, -0.2) is 35.1 Å². The predicted octanol–water partition coefficient (Wildman–Crippen LogP) is 3.55. The van der Waals surface area contributed by atoms with Crippen molar-refractivity contribution in [1.29, 1.82) is 0 Å². The summed E-state index contributed by atoms with van der Waals surface area (Å²) in [7, 11) is 0. The van der Waals surface area contributed by atoms with E-state index in [1.165, 1.54) is 0 Å². The number of ether oxygens (including phenoxy) is 1. The predicted molar refractivity (Wildman–Crippen MR) is 109 cm³/mol. The maximum atomic E-state index is 12.1. The van der Waals surface area contributed by atoms with Crippen LogP contribution < -0.4 is 15.4 Å². The topological polar surface area (TPSA) is 81.3 Å². The molecule has 1 aromatic carbocycles. The number of pyridine rings is 2. The van der Waals surface area contributed by atoms with Crippen LogP contribution >= 0.6 is 11.6 Å². The number of aromatic nitrogens is 2. The molecule has 142 valence electrons. The number of rotatable bonds is 5. The van der Waals surface area contributed by atoms with E-state index in [1.807, 2.05) is 30.3 Å². The Hall–Kier alpha value is -3.12. The van der Waals surface area contributed by atoms with Gasteiger partial charge < -0.3 is 15.4 Å². The zero-order chi connectivity index (χ0) is 19.5. The van der Waals surface area contributed by atoms with Crippen LogP contribution in [0.25, 0.3) is 11.1 Å². The third-order valence-corrected chi connectivity index (χ3v) is 5.03. The van der Waals surface area contributed by atoms with Crippen molar-refractivity contribution in [2.45, 2.75) is 12.5 Å². The van der Waals surface area contributed by atoms with Gasteiger partial charge in [-0.3, -0.25) is 9.78 Å². The molecule has 0 saturated carbocycles. The Balaban J connectivity index is 1.56. The number of nitrogens with two attached hydrogens (primary N) is 1. The summed E-state index contributed by atoms with van der Waals surface area (Å²) in [6.07, 6.45) is 5.86. The van der Waals surface area contributed by atoms with Crippen molar-refractivity contribution in [3.05, 3.63) is 71.6 Å². The van der Waals surface area contributed by atoms with Gasteiger partial charge in [0.1, 0.15) is 11.1 Å². The molecule has 1 saturated heterocycles. The van der Waals surface area contributed by atoms with E-state index < -0.39 is 5.91 Å². The number of hydrogen-bond acceptors (Lipinski definition) is 5. The number of anilines is 1. The lowest BCUT2D eigenvalue weighted by Crippen LogP contribution is -2.27. The van der Waals surface area contributed by atoms with Gasteiger partial charge in [-0.1, -0.05) is 23.7 Å². The van der Waals surface area contributed by atoms with Crippen LogP contribution in [0.1, 0.15) is 16.8 Å². The first-order valence-corrected chi connectivity index (χ1v) is 9.36. The largest absolute Gasteiger partial charge is 0.471 e. The first kappa shape index (κ1) is 18.3. The highest BCUT2D eigenvalue weighted by Crippen LogP contribution is 2.31. The summed E-state index contributed by atoms with van der Waals surface area (Å²) in [6, 6.07) is 13.0. The standard InChI is InChI=1S/C21H19ClN4O2/c22-18-4-2-9-25-21(18)28-16-7-10-26(13-16)19-6-5-14(11-17(19)20(23)27)15-3-1-8-24-12-15/h1-6,8-9,11-12,16H,7,10,13H2,(H2,23,27). The number of carbonyl (C=O) groups is 1. The molecule has 7 heteroatoms. The Labute approximate surface area is 167 Å². The number of benzene rings is 1. The molecule has 3 heterocycles. The van der Waals surface area contributed by atoms with Gasteiger partial charge in [0.05, 0.1) is 12.1 Å². The molecule has 2 N–H and O–H groups in total. The van der Waals surface area contributed by atoms with Crippen LogP contribution in [0.15, 0.2) is 61.1 Å². The average molecular weight is 395 g/mol.